The molecule has 1 aromatic carbocycles. The van der Waals surface area contributed by atoms with E-state index in [0.717, 1.165) is 5.56 Å². The van der Waals surface area contributed by atoms with E-state index in [-0.39, 0.29) is 17.3 Å². The molecular weight excluding hydrogens is 384 g/mol. The standard InChI is InChI=1S/C19H22N2O6S/c22-19(8-5-15-3-6-16(7-4-15)21(23)24)20-11-9-18(10-12-20)28(25,26)14-17-2-1-13-27-17/h1-4,6-7,13,18H,5,8-12,14H2. The van der Waals surface area contributed by atoms with Crippen LogP contribution >= 0.6 is 0 Å². The third-order valence-electron chi connectivity index (χ3n) is 5.00. The van der Waals surface area contributed by atoms with Crippen LogP contribution in [-0.2, 0) is 26.8 Å². The van der Waals surface area contributed by atoms with Crippen LogP contribution in [0.4, 0.5) is 5.69 Å². The van der Waals surface area contributed by atoms with Crippen molar-refractivity contribution < 1.29 is 22.6 Å². The molecule has 0 aliphatic carbocycles. The molecule has 1 aromatic heterocycles. The zero-order valence-corrected chi connectivity index (χ0v) is 16.1. The zero-order chi connectivity index (χ0) is 20.1. The van der Waals surface area contributed by atoms with Crippen LogP contribution in [0.1, 0.15) is 30.6 Å². The average Bonchev–Trinajstić information content (AvgIpc) is 3.19. The van der Waals surface area contributed by atoms with Crippen molar-refractivity contribution in [2.24, 2.45) is 0 Å². The van der Waals surface area contributed by atoms with Crippen molar-refractivity contribution in [1.82, 2.24) is 4.90 Å². The highest BCUT2D eigenvalue weighted by Crippen LogP contribution is 2.22. The number of nitro benzene ring substituents is 1. The molecule has 0 unspecified atom stereocenters. The molecule has 2 heterocycles. The summed E-state index contributed by atoms with van der Waals surface area (Å²) in [6.07, 6.45) is 3.09. The van der Waals surface area contributed by atoms with Crippen molar-refractivity contribution in [2.75, 3.05) is 13.1 Å². The number of non-ortho nitro benzene ring substituents is 1. The van der Waals surface area contributed by atoms with Gasteiger partial charge in [0.05, 0.1) is 16.4 Å². The predicted octanol–water partition coefficient (Wildman–Crippen LogP) is 2.73. The van der Waals surface area contributed by atoms with Crippen LogP contribution in [0.3, 0.4) is 0 Å². The number of benzene rings is 1. The van der Waals surface area contributed by atoms with Crippen LogP contribution in [0.5, 0.6) is 0 Å². The topological polar surface area (TPSA) is 111 Å². The third-order valence-corrected chi connectivity index (χ3v) is 7.17. The number of piperidine rings is 1. The molecule has 1 saturated heterocycles. The van der Waals surface area contributed by atoms with Crippen molar-refractivity contribution in [1.29, 1.82) is 0 Å². The molecule has 0 saturated carbocycles. The molecule has 0 spiro atoms. The van der Waals surface area contributed by atoms with E-state index in [1.807, 2.05) is 0 Å². The lowest BCUT2D eigenvalue weighted by molar-refractivity contribution is -0.384. The Bertz CT molecular complexity index is 914. The highest BCUT2D eigenvalue weighted by atomic mass is 32.2. The molecule has 9 heteroatoms. The van der Waals surface area contributed by atoms with Gasteiger partial charge in [-0.2, -0.15) is 0 Å². The summed E-state index contributed by atoms with van der Waals surface area (Å²) >= 11 is 0. The zero-order valence-electron chi connectivity index (χ0n) is 15.3. The summed E-state index contributed by atoms with van der Waals surface area (Å²) in [5.74, 6) is 0.292. The maximum absolute atomic E-state index is 12.5. The second kappa shape index (κ2) is 8.55. The molecule has 3 rings (SSSR count). The fraction of sp³-hybridized carbons (Fsp3) is 0.421. The molecule has 1 aliphatic heterocycles. The molecule has 0 N–H and O–H groups in total. The summed E-state index contributed by atoms with van der Waals surface area (Å²) in [7, 11) is -3.31. The summed E-state index contributed by atoms with van der Waals surface area (Å²) in [5, 5.41) is 10.2. The summed E-state index contributed by atoms with van der Waals surface area (Å²) in [6, 6.07) is 9.47. The van der Waals surface area contributed by atoms with Crippen molar-refractivity contribution in [2.45, 2.75) is 36.7 Å². The summed E-state index contributed by atoms with van der Waals surface area (Å²) in [4.78, 5) is 24.3. The number of carbonyl (C=O) groups is 1. The van der Waals surface area contributed by atoms with E-state index in [0.29, 0.717) is 44.5 Å². The molecule has 28 heavy (non-hydrogen) atoms. The molecule has 8 nitrogen and oxygen atoms in total. The van der Waals surface area contributed by atoms with Crippen LogP contribution in [0.2, 0.25) is 0 Å². The number of likely N-dealkylation sites (tertiary alicyclic amines) is 1. The van der Waals surface area contributed by atoms with Crippen LogP contribution in [0, 0.1) is 10.1 Å². The van der Waals surface area contributed by atoms with E-state index in [9.17, 15) is 23.3 Å². The minimum absolute atomic E-state index is 0.0212. The molecule has 0 radical (unpaired) electrons. The van der Waals surface area contributed by atoms with Gasteiger partial charge in [0.2, 0.25) is 5.91 Å². The predicted molar refractivity (Wildman–Crippen MR) is 102 cm³/mol. The number of nitrogens with zero attached hydrogens (tertiary/aromatic N) is 2. The lowest BCUT2D eigenvalue weighted by atomic mass is 10.1. The Morgan fingerprint density at radius 2 is 1.86 bits per heavy atom. The lowest BCUT2D eigenvalue weighted by Crippen LogP contribution is -2.42. The molecule has 150 valence electrons. The normalized spacial score (nSPS) is 15.5. The van der Waals surface area contributed by atoms with Gasteiger partial charge >= 0.3 is 0 Å². The fourth-order valence-electron chi connectivity index (χ4n) is 3.37. The van der Waals surface area contributed by atoms with Crippen molar-refractivity contribution in [3.63, 3.8) is 0 Å². The first-order chi connectivity index (χ1) is 13.3. The molecule has 0 atom stereocenters. The van der Waals surface area contributed by atoms with Gasteiger partial charge in [-0.15, -0.1) is 0 Å². The molecular formula is C19H22N2O6S. The SMILES string of the molecule is O=C(CCc1ccc([N+](=O)[O-])cc1)N1CCC(S(=O)(=O)Cc2ccco2)CC1. The number of hydrogen-bond donors (Lipinski definition) is 0. The minimum Gasteiger partial charge on any atom is -0.468 e. The Balaban J connectivity index is 1.47. The van der Waals surface area contributed by atoms with E-state index in [1.165, 1.54) is 18.4 Å². The number of hydrogen-bond acceptors (Lipinski definition) is 6. The number of rotatable bonds is 7. The number of nitro groups is 1. The Morgan fingerprint density at radius 3 is 2.43 bits per heavy atom. The van der Waals surface area contributed by atoms with Crippen molar-refractivity contribution >= 4 is 21.4 Å². The molecule has 0 bridgehead atoms. The first-order valence-electron chi connectivity index (χ1n) is 9.10. The number of amides is 1. The minimum atomic E-state index is -3.31. The molecule has 1 aliphatic rings. The fourth-order valence-corrected chi connectivity index (χ4v) is 5.09. The Kier molecular flexibility index (Phi) is 6.13. The van der Waals surface area contributed by atoms with Gasteiger partial charge in [0.15, 0.2) is 9.84 Å². The lowest BCUT2D eigenvalue weighted by Gasteiger charge is -2.31. The highest BCUT2D eigenvalue weighted by molar-refractivity contribution is 7.91. The number of aryl methyl sites for hydroxylation is 1. The van der Waals surface area contributed by atoms with Crippen LogP contribution < -0.4 is 0 Å². The maximum Gasteiger partial charge on any atom is 0.269 e. The van der Waals surface area contributed by atoms with Gasteiger partial charge in [-0.25, -0.2) is 8.42 Å². The van der Waals surface area contributed by atoms with E-state index in [1.54, 1.807) is 29.2 Å². The largest absolute Gasteiger partial charge is 0.468 e. The van der Waals surface area contributed by atoms with Crippen LogP contribution in [0.25, 0.3) is 0 Å². The van der Waals surface area contributed by atoms with Crippen LogP contribution in [-0.4, -0.2) is 42.5 Å². The van der Waals surface area contributed by atoms with E-state index in [4.69, 9.17) is 4.42 Å². The monoisotopic (exact) mass is 406 g/mol. The number of sulfone groups is 1. The van der Waals surface area contributed by atoms with Crippen molar-refractivity contribution in [3.8, 4) is 0 Å². The smallest absolute Gasteiger partial charge is 0.269 e. The first kappa shape index (κ1) is 20.1. The quantitative estimate of drug-likeness (QED) is 0.516. The van der Waals surface area contributed by atoms with E-state index >= 15 is 0 Å². The van der Waals surface area contributed by atoms with E-state index < -0.39 is 20.0 Å². The highest BCUT2D eigenvalue weighted by Gasteiger charge is 2.32. The second-order valence-electron chi connectivity index (χ2n) is 6.89. The summed E-state index contributed by atoms with van der Waals surface area (Å²) < 4.78 is 30.1. The third kappa shape index (κ3) is 4.98. The van der Waals surface area contributed by atoms with Crippen molar-refractivity contribution in [3.05, 3.63) is 64.1 Å². The van der Waals surface area contributed by atoms with Crippen LogP contribution in [0.15, 0.2) is 47.1 Å². The Morgan fingerprint density at radius 1 is 1.18 bits per heavy atom. The average molecular weight is 406 g/mol. The van der Waals surface area contributed by atoms with Gasteiger partial charge in [-0.05, 0) is 37.0 Å². The van der Waals surface area contributed by atoms with Gasteiger partial charge in [-0.3, -0.25) is 14.9 Å². The van der Waals surface area contributed by atoms with Gasteiger partial charge in [0.1, 0.15) is 11.5 Å². The van der Waals surface area contributed by atoms with Gasteiger partial charge < -0.3 is 9.32 Å². The number of furan rings is 1. The summed E-state index contributed by atoms with van der Waals surface area (Å²) in [5.41, 5.74) is 0.878. The first-order valence-corrected chi connectivity index (χ1v) is 10.8. The van der Waals surface area contributed by atoms with Gasteiger partial charge in [-0.1, -0.05) is 12.1 Å². The van der Waals surface area contributed by atoms with E-state index in [2.05, 4.69) is 0 Å². The molecule has 1 fully saturated rings. The van der Waals surface area contributed by atoms with Gasteiger partial charge in [0, 0.05) is 31.6 Å². The molecule has 2 aromatic rings. The number of carbonyl (C=O) groups excluding carboxylic acids is 1. The molecule has 1 amide bonds. The Hall–Kier alpha value is -2.68. The second-order valence-corrected chi connectivity index (χ2v) is 9.17. The Labute approximate surface area is 163 Å². The summed E-state index contributed by atoms with van der Waals surface area (Å²) in [6.45, 7) is 0.836. The van der Waals surface area contributed by atoms with Gasteiger partial charge in [0.25, 0.3) is 5.69 Å². The maximum atomic E-state index is 12.5.